The van der Waals surface area contributed by atoms with E-state index in [9.17, 15) is 4.39 Å². The number of benzene rings is 1. The second-order valence-corrected chi connectivity index (χ2v) is 9.07. The van der Waals surface area contributed by atoms with Gasteiger partial charge < -0.3 is 20.5 Å². The molecule has 2 aromatic heterocycles. The summed E-state index contributed by atoms with van der Waals surface area (Å²) in [5.74, 6) is -0.00719. The molecule has 0 amide bonds. The predicted octanol–water partition coefficient (Wildman–Crippen LogP) is 4.42. The highest BCUT2D eigenvalue weighted by atomic mass is 35.5. The van der Waals surface area contributed by atoms with Crippen molar-refractivity contribution in [3.05, 3.63) is 58.2 Å². The molecule has 7 nitrogen and oxygen atoms in total. The van der Waals surface area contributed by atoms with Crippen LogP contribution in [-0.4, -0.2) is 40.1 Å². The molecule has 0 bridgehead atoms. The first-order chi connectivity index (χ1) is 15.3. The molecule has 5 rings (SSSR count). The molecular formula is C22H22Cl2FN5O2. The lowest BCUT2D eigenvalue weighted by molar-refractivity contribution is -0.0362. The lowest BCUT2D eigenvalue weighted by Gasteiger charge is -2.38. The average molecular weight is 478 g/mol. The van der Waals surface area contributed by atoms with Gasteiger partial charge in [0.25, 0.3) is 0 Å². The summed E-state index contributed by atoms with van der Waals surface area (Å²) < 4.78 is 27.8. The van der Waals surface area contributed by atoms with Crippen LogP contribution in [0.15, 0.2) is 36.8 Å². The molecule has 2 atom stereocenters. The summed E-state index contributed by atoms with van der Waals surface area (Å²) in [6.45, 7) is 4.14. The van der Waals surface area contributed by atoms with Gasteiger partial charge in [-0.25, -0.2) is 9.37 Å². The van der Waals surface area contributed by atoms with E-state index in [2.05, 4.69) is 15.4 Å². The van der Waals surface area contributed by atoms with Gasteiger partial charge >= 0.3 is 0 Å². The average Bonchev–Trinajstić information content (AvgIpc) is 3.40. The molecule has 32 heavy (non-hydrogen) atoms. The lowest BCUT2D eigenvalue weighted by Crippen LogP contribution is -2.59. The van der Waals surface area contributed by atoms with Gasteiger partial charge in [-0.2, -0.15) is 5.10 Å². The molecule has 0 saturated carbocycles. The maximum atomic E-state index is 13.9. The van der Waals surface area contributed by atoms with Crippen molar-refractivity contribution in [2.75, 3.05) is 25.4 Å². The van der Waals surface area contributed by atoms with E-state index in [4.69, 9.17) is 38.4 Å². The number of rotatable bonds is 5. The fourth-order valence-corrected chi connectivity index (χ4v) is 4.88. The molecule has 0 unspecified atom stereocenters. The third-order valence-electron chi connectivity index (χ3n) is 6.06. The van der Waals surface area contributed by atoms with Crippen LogP contribution in [0.5, 0.6) is 5.75 Å². The zero-order valence-corrected chi connectivity index (χ0v) is 18.8. The fourth-order valence-electron chi connectivity index (χ4n) is 4.20. The van der Waals surface area contributed by atoms with Crippen molar-refractivity contribution in [1.82, 2.24) is 20.1 Å². The van der Waals surface area contributed by atoms with Crippen molar-refractivity contribution in [1.29, 1.82) is 0 Å². The summed E-state index contributed by atoms with van der Waals surface area (Å²) in [5, 5.41) is 8.04. The molecule has 168 valence electrons. The Morgan fingerprint density at radius 3 is 2.84 bits per heavy atom. The van der Waals surface area contributed by atoms with Crippen LogP contribution in [0.3, 0.4) is 0 Å². The van der Waals surface area contributed by atoms with Crippen LogP contribution in [0.4, 0.5) is 10.2 Å². The number of nitrogens with two attached hydrogens (primary N) is 1. The van der Waals surface area contributed by atoms with Gasteiger partial charge in [-0.15, -0.1) is 0 Å². The van der Waals surface area contributed by atoms with E-state index < -0.39 is 11.9 Å². The predicted molar refractivity (Wildman–Crippen MR) is 121 cm³/mol. The molecule has 0 radical (unpaired) electrons. The topological polar surface area (TPSA) is 87.2 Å². The largest absolute Gasteiger partial charge is 0.482 e. The van der Waals surface area contributed by atoms with E-state index in [1.165, 1.54) is 12.1 Å². The number of halogens is 3. The van der Waals surface area contributed by atoms with Gasteiger partial charge in [0.15, 0.2) is 11.6 Å². The molecule has 1 spiro atoms. The minimum Gasteiger partial charge on any atom is -0.482 e. The number of anilines is 1. The Labute approximate surface area is 194 Å². The molecule has 10 heteroatoms. The summed E-state index contributed by atoms with van der Waals surface area (Å²) in [6.07, 6.45) is 5.71. The molecule has 4 heterocycles. The Kier molecular flexibility index (Phi) is 5.49. The van der Waals surface area contributed by atoms with Gasteiger partial charge in [0.05, 0.1) is 29.5 Å². The maximum absolute atomic E-state index is 13.9. The van der Waals surface area contributed by atoms with E-state index >= 15 is 0 Å². The summed E-state index contributed by atoms with van der Waals surface area (Å²) in [5.41, 5.74) is 8.02. The van der Waals surface area contributed by atoms with Gasteiger partial charge in [-0.05, 0) is 25.1 Å². The van der Waals surface area contributed by atoms with E-state index in [0.29, 0.717) is 22.9 Å². The zero-order chi connectivity index (χ0) is 22.5. The van der Waals surface area contributed by atoms with Gasteiger partial charge in [-0.1, -0.05) is 23.2 Å². The molecule has 1 aromatic carbocycles. The number of nitrogens with zero attached hydrogens (tertiary/aromatic N) is 3. The third kappa shape index (κ3) is 3.81. The number of hydrogen-bond acceptors (Lipinski definition) is 6. The normalized spacial score (nSPS) is 20.3. The second kappa shape index (κ2) is 8.19. The third-order valence-corrected chi connectivity index (χ3v) is 6.78. The zero-order valence-electron chi connectivity index (χ0n) is 17.3. The molecule has 2 aliphatic rings. The second-order valence-electron chi connectivity index (χ2n) is 8.29. The van der Waals surface area contributed by atoms with Crippen molar-refractivity contribution >= 4 is 29.0 Å². The number of pyridine rings is 1. The Morgan fingerprint density at radius 2 is 2.12 bits per heavy atom. The minimum atomic E-state index is -0.643. The van der Waals surface area contributed by atoms with Crippen LogP contribution in [0.2, 0.25) is 10.0 Å². The Hall–Kier alpha value is -2.39. The number of nitrogen functional groups attached to an aromatic ring is 1. The minimum absolute atomic E-state index is 0.0455. The van der Waals surface area contributed by atoms with E-state index in [1.54, 1.807) is 25.4 Å². The molecule has 3 aromatic rings. The quantitative estimate of drug-likeness (QED) is 0.529. The van der Waals surface area contributed by atoms with Crippen LogP contribution in [0, 0.1) is 5.82 Å². The van der Waals surface area contributed by atoms with E-state index in [-0.39, 0.29) is 22.5 Å². The molecule has 3 N–H and O–H groups in total. The van der Waals surface area contributed by atoms with Crippen molar-refractivity contribution < 1.29 is 13.9 Å². The fraction of sp³-hybridized carbons (Fsp3) is 0.364. The van der Waals surface area contributed by atoms with Gasteiger partial charge in [0.1, 0.15) is 11.9 Å². The summed E-state index contributed by atoms with van der Waals surface area (Å²) in [6, 6.07) is 4.64. The van der Waals surface area contributed by atoms with Crippen molar-refractivity contribution in [2.24, 2.45) is 0 Å². The van der Waals surface area contributed by atoms with E-state index in [0.717, 1.165) is 30.6 Å². The highest BCUT2D eigenvalue weighted by Crippen LogP contribution is 2.38. The molecule has 2 aliphatic heterocycles. The van der Waals surface area contributed by atoms with Crippen molar-refractivity contribution in [3.8, 4) is 16.9 Å². The molecule has 0 aliphatic carbocycles. The molecule has 2 saturated heterocycles. The maximum Gasteiger partial charge on any atom is 0.166 e. The van der Waals surface area contributed by atoms with Crippen LogP contribution in [0.1, 0.15) is 31.1 Å². The standard InChI is InChI=1S/C22H22Cl2FN5O2/c1-12(19-16(23)2-3-17(25)20(19)24)32-18-4-13(6-28-21(18)26)14-7-29-30(8-14)15-5-22(31-9-15)10-27-11-22/h2-4,6-8,12,15,27H,5,9-11H2,1H3,(H2,26,28)/t12-,15-/m1/s1. The number of hydrogen-bond donors (Lipinski definition) is 2. The summed E-state index contributed by atoms with van der Waals surface area (Å²) in [4.78, 5) is 4.26. The lowest BCUT2D eigenvalue weighted by atomic mass is 9.92. The number of nitrogens with one attached hydrogen (secondary N) is 1. The Bertz CT molecular complexity index is 1170. The van der Waals surface area contributed by atoms with Crippen molar-refractivity contribution in [2.45, 2.75) is 31.1 Å². The summed E-state index contributed by atoms with van der Waals surface area (Å²) in [7, 11) is 0. The first-order valence-corrected chi connectivity index (χ1v) is 11.1. The van der Waals surface area contributed by atoms with Gasteiger partial charge in [-0.3, -0.25) is 4.68 Å². The van der Waals surface area contributed by atoms with Crippen molar-refractivity contribution in [3.63, 3.8) is 0 Å². The monoisotopic (exact) mass is 477 g/mol. The Balaban J connectivity index is 1.37. The first kappa shape index (κ1) is 21.5. The highest BCUT2D eigenvalue weighted by Gasteiger charge is 2.46. The SMILES string of the molecule is C[C@@H](Oc1cc(-c2cnn([C@H]3COC4(CNC4)C3)c2)cnc1N)c1c(Cl)ccc(F)c1Cl. The van der Waals surface area contributed by atoms with Crippen LogP contribution in [-0.2, 0) is 4.74 Å². The number of ether oxygens (including phenoxy) is 2. The summed E-state index contributed by atoms with van der Waals surface area (Å²) >= 11 is 12.3. The van der Waals surface area contributed by atoms with Crippen LogP contribution >= 0.6 is 23.2 Å². The first-order valence-electron chi connectivity index (χ1n) is 10.3. The van der Waals surface area contributed by atoms with Gasteiger partial charge in [0.2, 0.25) is 0 Å². The van der Waals surface area contributed by atoms with Crippen LogP contribution < -0.4 is 15.8 Å². The highest BCUT2D eigenvalue weighted by molar-refractivity contribution is 6.36. The van der Waals surface area contributed by atoms with Crippen LogP contribution in [0.25, 0.3) is 11.1 Å². The van der Waals surface area contributed by atoms with Gasteiger partial charge in [0, 0.05) is 53.6 Å². The van der Waals surface area contributed by atoms with E-state index in [1.807, 2.05) is 10.9 Å². The molecule has 2 fully saturated rings. The smallest absolute Gasteiger partial charge is 0.166 e. The Morgan fingerprint density at radius 1 is 1.31 bits per heavy atom. The molecular weight excluding hydrogens is 456 g/mol. The number of aromatic nitrogens is 3.